The van der Waals surface area contributed by atoms with Gasteiger partial charge in [-0.1, -0.05) is 278 Å². The van der Waals surface area contributed by atoms with Gasteiger partial charge in [0, 0.05) is 12.8 Å². The Hall–Kier alpha value is -3.79. The number of hydrogen-bond acceptors (Lipinski definition) is 7. The molecule has 0 spiro atoms. The number of esters is 2. The van der Waals surface area contributed by atoms with Gasteiger partial charge in [0.15, 0.2) is 6.10 Å². The molecule has 2 unspecified atom stereocenters. The predicted octanol–water partition coefficient (Wildman–Crippen LogP) is 20.5. The van der Waals surface area contributed by atoms with Gasteiger partial charge >= 0.3 is 17.9 Å². The van der Waals surface area contributed by atoms with Gasteiger partial charge in [-0.15, -0.1) is 0 Å². The lowest BCUT2D eigenvalue weighted by Gasteiger charge is -2.25. The Balaban J connectivity index is 4.13. The molecule has 0 aromatic carbocycles. The minimum absolute atomic E-state index is 0.184. The smallest absolute Gasteiger partial charge is 0.361 e. The van der Waals surface area contributed by atoms with Crippen LogP contribution in [0.15, 0.2) is 97.2 Å². The Morgan fingerprint density at radius 3 is 0.988 bits per heavy atom. The summed E-state index contributed by atoms with van der Waals surface area (Å²) in [4.78, 5) is 37.6. The van der Waals surface area contributed by atoms with E-state index < -0.39 is 24.3 Å². The summed E-state index contributed by atoms with van der Waals surface area (Å²) in [5.41, 5.74) is 0. The Bertz CT molecular complexity index is 1650. The van der Waals surface area contributed by atoms with Crippen molar-refractivity contribution in [3.63, 3.8) is 0 Å². The van der Waals surface area contributed by atoms with Crippen molar-refractivity contribution in [2.45, 2.75) is 296 Å². The first-order chi connectivity index (χ1) is 39.6. The van der Waals surface area contributed by atoms with Crippen molar-refractivity contribution in [3.05, 3.63) is 97.2 Å². The third-order valence-electron chi connectivity index (χ3n) is 14.3. The van der Waals surface area contributed by atoms with Gasteiger partial charge in [0.05, 0.1) is 34.4 Å². The quantitative estimate of drug-likeness (QED) is 0.0211. The molecule has 1 N–H and O–H groups in total. The maximum absolute atomic E-state index is 12.9. The summed E-state index contributed by atoms with van der Waals surface area (Å²) in [5.74, 6) is -2.00. The molecule has 0 aliphatic heterocycles. The highest BCUT2D eigenvalue weighted by molar-refractivity contribution is 5.71. The maximum atomic E-state index is 12.9. The number of carbonyl (C=O) groups is 3. The van der Waals surface area contributed by atoms with Gasteiger partial charge in [-0.05, 0) is 89.9 Å². The van der Waals surface area contributed by atoms with Gasteiger partial charge in [0.25, 0.3) is 6.29 Å². The van der Waals surface area contributed by atoms with Gasteiger partial charge in [-0.2, -0.15) is 0 Å². The van der Waals surface area contributed by atoms with E-state index in [1.165, 1.54) is 167 Å². The average Bonchev–Trinajstić information content (AvgIpc) is 3.44. The van der Waals surface area contributed by atoms with Crippen LogP contribution in [0.2, 0.25) is 0 Å². The van der Waals surface area contributed by atoms with Gasteiger partial charge < -0.3 is 28.5 Å². The number of likely N-dealkylation sites (N-methyl/N-ethyl adjacent to an activating group) is 1. The Morgan fingerprint density at radius 1 is 0.370 bits per heavy atom. The zero-order chi connectivity index (χ0) is 59.1. The lowest BCUT2D eigenvalue weighted by molar-refractivity contribution is -0.870. The first kappa shape index (κ1) is 77.2. The van der Waals surface area contributed by atoms with E-state index >= 15 is 0 Å². The summed E-state index contributed by atoms with van der Waals surface area (Å²) in [7, 11) is 5.98. The molecule has 0 amide bonds. The Morgan fingerprint density at radius 2 is 0.667 bits per heavy atom. The first-order valence-electron chi connectivity index (χ1n) is 33.4. The summed E-state index contributed by atoms with van der Waals surface area (Å²) in [6.45, 7) is 4.68. The van der Waals surface area contributed by atoms with Crippen LogP contribution < -0.4 is 0 Å². The third kappa shape index (κ3) is 63.6. The molecule has 0 bridgehead atoms. The molecule has 0 aliphatic rings. The SMILES string of the molecule is CC/C=C\C/C=C\C/C=C\C/C=C\CCCCCCCCCCCCCCCCCCCCC(=O)OC(COC(=O)CCCCCCCCCCCCCC/C=C\C/C=C\C/C=C\C/C=C\CC)COC(OCC[N+](C)(C)C)C(=O)O. The highest BCUT2D eigenvalue weighted by Crippen LogP contribution is 2.17. The van der Waals surface area contributed by atoms with Crippen LogP contribution in [0.4, 0.5) is 0 Å². The van der Waals surface area contributed by atoms with E-state index in [1.54, 1.807) is 0 Å². The molecule has 0 saturated heterocycles. The molecule has 0 heterocycles. The topological polar surface area (TPSA) is 108 Å². The van der Waals surface area contributed by atoms with Crippen molar-refractivity contribution in [2.24, 2.45) is 0 Å². The lowest BCUT2D eigenvalue weighted by Crippen LogP contribution is -2.40. The van der Waals surface area contributed by atoms with Crippen LogP contribution in [-0.4, -0.2) is 87.4 Å². The molecule has 0 saturated carbocycles. The molecule has 2 atom stereocenters. The van der Waals surface area contributed by atoms with Gasteiger partial charge in [0.1, 0.15) is 13.2 Å². The molecule has 0 aliphatic carbocycles. The van der Waals surface area contributed by atoms with Gasteiger partial charge in [0.2, 0.25) is 0 Å². The Kier molecular flexibility index (Phi) is 59.3. The summed E-state index contributed by atoms with van der Waals surface area (Å²) in [5, 5.41) is 9.74. The number of aliphatic carboxylic acids is 1. The van der Waals surface area contributed by atoms with Crippen molar-refractivity contribution < 1.29 is 42.9 Å². The van der Waals surface area contributed by atoms with Gasteiger partial charge in [-0.3, -0.25) is 9.59 Å². The van der Waals surface area contributed by atoms with E-state index in [9.17, 15) is 19.5 Å². The highest BCUT2D eigenvalue weighted by atomic mass is 16.7. The number of allylic oxidation sites excluding steroid dienone is 16. The Labute approximate surface area is 499 Å². The van der Waals surface area contributed by atoms with Crippen LogP contribution in [-0.2, 0) is 33.3 Å². The fourth-order valence-corrected chi connectivity index (χ4v) is 9.29. The van der Waals surface area contributed by atoms with Crippen molar-refractivity contribution >= 4 is 17.9 Å². The fraction of sp³-hybridized carbons (Fsp3) is 0.736. The molecular formula is C72H126NO8+. The number of unbranched alkanes of at least 4 members (excludes halogenated alkanes) is 30. The number of nitrogens with zero attached hydrogens (tertiary/aromatic N) is 1. The maximum Gasteiger partial charge on any atom is 0.361 e. The molecule has 9 heteroatoms. The fourth-order valence-electron chi connectivity index (χ4n) is 9.29. The predicted molar refractivity (Wildman–Crippen MR) is 345 cm³/mol. The number of ether oxygens (including phenoxy) is 4. The lowest BCUT2D eigenvalue weighted by atomic mass is 10.0. The molecule has 0 fully saturated rings. The number of carboxylic acids is 1. The van der Waals surface area contributed by atoms with Crippen LogP contribution in [0.3, 0.4) is 0 Å². The van der Waals surface area contributed by atoms with Crippen molar-refractivity contribution in [2.75, 3.05) is 47.5 Å². The van der Waals surface area contributed by atoms with Crippen LogP contribution in [0.5, 0.6) is 0 Å². The summed E-state index contributed by atoms with van der Waals surface area (Å²) < 4.78 is 23.0. The second kappa shape index (κ2) is 62.3. The number of carboxylic acid groups (broad SMARTS) is 1. The molecule has 0 rings (SSSR count). The van der Waals surface area contributed by atoms with Crippen LogP contribution in [0.1, 0.15) is 284 Å². The summed E-state index contributed by atoms with van der Waals surface area (Å²) in [6.07, 6.45) is 82.2. The molecule has 0 aromatic rings. The summed E-state index contributed by atoms with van der Waals surface area (Å²) >= 11 is 0. The molecule has 466 valence electrons. The second-order valence-electron chi connectivity index (χ2n) is 23.4. The zero-order valence-corrected chi connectivity index (χ0v) is 53.2. The second-order valence-corrected chi connectivity index (χ2v) is 23.4. The van der Waals surface area contributed by atoms with Crippen LogP contribution in [0.25, 0.3) is 0 Å². The van der Waals surface area contributed by atoms with Crippen molar-refractivity contribution in [3.8, 4) is 0 Å². The monoisotopic (exact) mass is 1130 g/mol. The minimum atomic E-state index is -1.51. The van der Waals surface area contributed by atoms with E-state index in [-0.39, 0.29) is 32.2 Å². The molecule has 0 radical (unpaired) electrons. The van der Waals surface area contributed by atoms with E-state index in [2.05, 4.69) is 111 Å². The number of hydrogen-bond donors (Lipinski definition) is 1. The molecule has 0 aromatic heterocycles. The normalized spacial score (nSPS) is 13.3. The average molecular weight is 1130 g/mol. The van der Waals surface area contributed by atoms with Crippen molar-refractivity contribution in [1.82, 2.24) is 0 Å². The van der Waals surface area contributed by atoms with Crippen LogP contribution in [0, 0.1) is 0 Å². The standard InChI is InChI=1S/C72H125NO8/c1-6-8-10-12-14-16-18-20-22-24-26-28-30-32-33-34-35-36-37-39-41-43-45-47-49-51-53-55-57-59-61-63-70(75)81-68(67-80-72(71(76)77)78-65-64-73(3,4)5)66-79-69(74)62-60-58-56-54-52-50-48-46-44-42-40-38-31-29-27-25-23-21-19-17-15-13-11-9-7-2/h8-11,14-17,20-23,26-29,68,72H,6-7,12-13,18-19,24-25,30-67H2,1-5H3/p+1/b10-8-,11-9-,16-14-,17-15-,22-20-,23-21-,28-26-,29-27-. The highest BCUT2D eigenvalue weighted by Gasteiger charge is 2.25. The number of quaternary nitrogens is 1. The summed E-state index contributed by atoms with van der Waals surface area (Å²) in [6, 6.07) is 0. The third-order valence-corrected chi connectivity index (χ3v) is 14.3. The molecular weight excluding hydrogens is 1010 g/mol. The van der Waals surface area contributed by atoms with E-state index in [4.69, 9.17) is 18.9 Å². The van der Waals surface area contributed by atoms with Gasteiger partial charge in [-0.25, -0.2) is 4.79 Å². The minimum Gasteiger partial charge on any atom is -0.477 e. The van der Waals surface area contributed by atoms with Crippen molar-refractivity contribution in [1.29, 1.82) is 0 Å². The largest absolute Gasteiger partial charge is 0.477 e. The number of carbonyl (C=O) groups excluding carboxylic acids is 2. The molecule has 9 nitrogen and oxygen atoms in total. The zero-order valence-electron chi connectivity index (χ0n) is 53.2. The van der Waals surface area contributed by atoms with E-state index in [0.29, 0.717) is 17.4 Å². The first-order valence-corrected chi connectivity index (χ1v) is 33.4. The number of rotatable bonds is 61. The van der Waals surface area contributed by atoms with E-state index in [1.807, 2.05) is 21.1 Å². The molecule has 81 heavy (non-hydrogen) atoms. The van der Waals surface area contributed by atoms with Crippen LogP contribution >= 0.6 is 0 Å². The van der Waals surface area contributed by atoms with E-state index in [0.717, 1.165) is 89.9 Å².